The van der Waals surface area contributed by atoms with Crippen LogP contribution in [0.2, 0.25) is 5.02 Å². The largest absolute Gasteiger partial charge is 0.396 e. The van der Waals surface area contributed by atoms with Gasteiger partial charge in [0.05, 0.1) is 10.7 Å². The minimum Gasteiger partial charge on any atom is -0.396 e. The van der Waals surface area contributed by atoms with Crippen LogP contribution in [-0.2, 0) is 9.59 Å². The van der Waals surface area contributed by atoms with E-state index in [-0.39, 0.29) is 29.3 Å². The van der Waals surface area contributed by atoms with Crippen LogP contribution < -0.4 is 10.6 Å². The van der Waals surface area contributed by atoms with Crippen molar-refractivity contribution in [3.05, 3.63) is 29.0 Å². The molecule has 0 bridgehead atoms. The summed E-state index contributed by atoms with van der Waals surface area (Å²) >= 11 is 5.62. The molecule has 1 rings (SSSR count). The van der Waals surface area contributed by atoms with Crippen molar-refractivity contribution in [3.63, 3.8) is 0 Å². The third-order valence-electron chi connectivity index (χ3n) is 4.17. The Morgan fingerprint density at radius 1 is 1.26 bits per heavy atom. The maximum absolute atomic E-state index is 13.7. The van der Waals surface area contributed by atoms with Gasteiger partial charge in [-0.3, -0.25) is 9.59 Å². The van der Waals surface area contributed by atoms with Gasteiger partial charge in [0, 0.05) is 13.2 Å². The van der Waals surface area contributed by atoms with E-state index in [1.54, 1.807) is 0 Å². The zero-order valence-electron chi connectivity index (χ0n) is 13.3. The Bertz CT molecular complexity index is 562. The number of nitrogens with one attached hydrogen (secondary N) is 2. The molecule has 5 nitrogen and oxygen atoms in total. The number of amides is 2. The lowest BCUT2D eigenvalue weighted by atomic mass is 9.79. The van der Waals surface area contributed by atoms with Gasteiger partial charge in [-0.2, -0.15) is 0 Å². The lowest BCUT2D eigenvalue weighted by Gasteiger charge is -2.31. The minimum atomic E-state index is -0.962. The highest BCUT2D eigenvalue weighted by Crippen LogP contribution is 2.29. The number of rotatable bonds is 7. The molecule has 0 aliphatic heterocycles. The first-order chi connectivity index (χ1) is 10.9. The predicted molar refractivity (Wildman–Crippen MR) is 87.8 cm³/mol. The summed E-state index contributed by atoms with van der Waals surface area (Å²) in [6.07, 6.45) is 2.05. The Labute approximate surface area is 140 Å². The Hall–Kier alpha value is -1.66. The molecule has 0 saturated heterocycles. The Kier molecular flexibility index (Phi) is 7.45. The van der Waals surface area contributed by atoms with Crippen molar-refractivity contribution in [3.8, 4) is 0 Å². The molecule has 0 saturated carbocycles. The molecule has 128 valence electrons. The third-order valence-corrected chi connectivity index (χ3v) is 4.46. The maximum atomic E-state index is 13.7. The fourth-order valence-electron chi connectivity index (χ4n) is 2.31. The highest BCUT2D eigenvalue weighted by Gasteiger charge is 2.27. The van der Waals surface area contributed by atoms with Gasteiger partial charge in [0.15, 0.2) is 5.82 Å². The second kappa shape index (κ2) is 8.84. The number of anilines is 1. The van der Waals surface area contributed by atoms with Crippen LogP contribution in [0.3, 0.4) is 0 Å². The molecule has 0 aromatic heterocycles. The van der Waals surface area contributed by atoms with Gasteiger partial charge in [-0.25, -0.2) is 4.39 Å². The molecule has 2 amide bonds. The van der Waals surface area contributed by atoms with E-state index < -0.39 is 17.6 Å². The number of carbonyl (C=O) groups excluding carboxylic acids is 2. The molecular formula is C16H22ClFN2O3. The molecule has 3 N–H and O–H groups in total. The van der Waals surface area contributed by atoms with E-state index in [0.29, 0.717) is 6.42 Å². The van der Waals surface area contributed by atoms with Gasteiger partial charge in [-0.15, -0.1) is 0 Å². The molecule has 0 aliphatic rings. The van der Waals surface area contributed by atoms with Crippen molar-refractivity contribution in [2.75, 3.05) is 18.5 Å². The fourth-order valence-corrected chi connectivity index (χ4v) is 2.48. The summed E-state index contributed by atoms with van der Waals surface area (Å²) in [7, 11) is 0. The summed E-state index contributed by atoms with van der Waals surface area (Å²) in [6, 6.07) is 4.14. The summed E-state index contributed by atoms with van der Waals surface area (Å²) < 4.78 is 13.7. The molecular weight excluding hydrogens is 323 g/mol. The zero-order valence-corrected chi connectivity index (χ0v) is 14.0. The fraction of sp³-hybridized carbons (Fsp3) is 0.500. The van der Waals surface area contributed by atoms with Crippen molar-refractivity contribution in [2.45, 2.75) is 33.1 Å². The van der Waals surface area contributed by atoms with E-state index in [1.807, 2.05) is 13.8 Å². The van der Waals surface area contributed by atoms with Crippen LogP contribution in [0.15, 0.2) is 18.2 Å². The lowest BCUT2D eigenvalue weighted by Crippen LogP contribution is -2.42. The number of aliphatic hydroxyl groups excluding tert-OH is 1. The van der Waals surface area contributed by atoms with Gasteiger partial charge in [-0.05, 0) is 36.8 Å². The normalized spacial score (nSPS) is 11.2. The molecule has 7 heteroatoms. The highest BCUT2D eigenvalue weighted by atomic mass is 35.5. The number of hydrogen-bond donors (Lipinski definition) is 3. The van der Waals surface area contributed by atoms with Crippen molar-refractivity contribution < 1.29 is 19.1 Å². The van der Waals surface area contributed by atoms with Crippen LogP contribution in [0.4, 0.5) is 10.1 Å². The van der Waals surface area contributed by atoms with E-state index in [0.717, 1.165) is 12.8 Å². The molecule has 0 atom stereocenters. The highest BCUT2D eigenvalue weighted by molar-refractivity contribution is 6.39. The number of halogens is 2. The molecule has 0 fully saturated rings. The zero-order chi connectivity index (χ0) is 17.5. The second-order valence-electron chi connectivity index (χ2n) is 5.42. The molecule has 1 aromatic rings. The van der Waals surface area contributed by atoms with Crippen molar-refractivity contribution in [1.29, 1.82) is 0 Å². The van der Waals surface area contributed by atoms with E-state index in [1.165, 1.54) is 18.2 Å². The summed E-state index contributed by atoms with van der Waals surface area (Å²) in [4.78, 5) is 23.7. The van der Waals surface area contributed by atoms with Gasteiger partial charge in [0.1, 0.15) is 0 Å². The van der Waals surface area contributed by atoms with Crippen LogP contribution in [0.5, 0.6) is 0 Å². The first-order valence-corrected chi connectivity index (χ1v) is 7.91. The molecule has 0 aliphatic carbocycles. The molecule has 0 heterocycles. The van der Waals surface area contributed by atoms with Crippen molar-refractivity contribution >= 4 is 29.1 Å². The standard InChI is InChI=1S/C16H22ClFN2O3/c1-3-16(4-2,8-9-21)10-19-14(22)15(23)20-12-7-5-6-11(17)13(12)18/h5-7,21H,3-4,8-10H2,1-2H3,(H,19,22)(H,20,23). The van der Waals surface area contributed by atoms with Crippen molar-refractivity contribution in [2.24, 2.45) is 5.41 Å². The average molecular weight is 345 g/mol. The molecule has 0 unspecified atom stereocenters. The maximum Gasteiger partial charge on any atom is 0.313 e. The Morgan fingerprint density at radius 3 is 2.48 bits per heavy atom. The van der Waals surface area contributed by atoms with Gasteiger partial charge in [0.2, 0.25) is 0 Å². The number of carbonyl (C=O) groups is 2. The lowest BCUT2D eigenvalue weighted by molar-refractivity contribution is -0.136. The number of benzene rings is 1. The van der Waals surface area contributed by atoms with Crippen LogP contribution in [0, 0.1) is 11.2 Å². The minimum absolute atomic E-state index is 0.0114. The number of aliphatic hydroxyl groups is 1. The first-order valence-electron chi connectivity index (χ1n) is 7.53. The van der Waals surface area contributed by atoms with Crippen molar-refractivity contribution in [1.82, 2.24) is 5.32 Å². The van der Waals surface area contributed by atoms with Crippen LogP contribution in [0.1, 0.15) is 33.1 Å². The summed E-state index contributed by atoms with van der Waals surface area (Å²) in [5.74, 6) is -2.60. The van der Waals surface area contributed by atoms with Crippen LogP contribution >= 0.6 is 11.6 Å². The van der Waals surface area contributed by atoms with Crippen LogP contribution in [0.25, 0.3) is 0 Å². The summed E-state index contributed by atoms with van der Waals surface area (Å²) in [6.45, 7) is 4.21. The third kappa shape index (κ3) is 5.18. The van der Waals surface area contributed by atoms with E-state index in [2.05, 4.69) is 10.6 Å². The summed E-state index contributed by atoms with van der Waals surface area (Å²) in [5, 5.41) is 13.7. The second-order valence-corrected chi connectivity index (χ2v) is 5.83. The van der Waals surface area contributed by atoms with Gasteiger partial charge in [-0.1, -0.05) is 31.5 Å². The van der Waals surface area contributed by atoms with E-state index in [4.69, 9.17) is 16.7 Å². The number of hydrogen-bond acceptors (Lipinski definition) is 3. The summed E-state index contributed by atoms with van der Waals surface area (Å²) in [5.41, 5.74) is -0.406. The average Bonchev–Trinajstić information content (AvgIpc) is 2.55. The van der Waals surface area contributed by atoms with E-state index in [9.17, 15) is 14.0 Å². The smallest absolute Gasteiger partial charge is 0.313 e. The SMILES string of the molecule is CCC(CC)(CCO)CNC(=O)C(=O)Nc1cccc(Cl)c1F. The van der Waals surface area contributed by atoms with Crippen LogP contribution in [-0.4, -0.2) is 30.1 Å². The molecule has 0 spiro atoms. The van der Waals surface area contributed by atoms with Gasteiger partial charge in [0.25, 0.3) is 0 Å². The molecule has 1 aromatic carbocycles. The van der Waals surface area contributed by atoms with Gasteiger partial charge >= 0.3 is 11.8 Å². The van der Waals surface area contributed by atoms with E-state index >= 15 is 0 Å². The quantitative estimate of drug-likeness (QED) is 0.665. The monoisotopic (exact) mass is 344 g/mol. The molecule has 23 heavy (non-hydrogen) atoms. The molecule has 0 radical (unpaired) electrons. The predicted octanol–water partition coefficient (Wildman–Crippen LogP) is 2.72. The topological polar surface area (TPSA) is 78.4 Å². The first kappa shape index (κ1) is 19.4. The Balaban J connectivity index is 2.67. The Morgan fingerprint density at radius 2 is 1.91 bits per heavy atom. The van der Waals surface area contributed by atoms with Gasteiger partial charge < -0.3 is 15.7 Å².